The van der Waals surface area contributed by atoms with Gasteiger partial charge in [0.15, 0.2) is 0 Å². The van der Waals surface area contributed by atoms with Gasteiger partial charge in [-0.25, -0.2) is 9.59 Å². The largest absolute Gasteiger partial charge is 0.460 e. The van der Waals surface area contributed by atoms with Gasteiger partial charge in [0.2, 0.25) is 11.6 Å². The molecule has 0 atom stereocenters. The summed E-state index contributed by atoms with van der Waals surface area (Å²) in [5.74, 6) is -8.20. The molecule has 0 aliphatic carbocycles. The minimum Gasteiger partial charge on any atom is -0.460 e. The number of esters is 2. The first kappa shape index (κ1) is 41.2. The molecule has 58 heavy (non-hydrogen) atoms. The van der Waals surface area contributed by atoms with Gasteiger partial charge in [-0.15, -0.1) is 0 Å². The molecular formula is C48H40O8P2. The first-order valence-electron chi connectivity index (χ1n) is 18.6. The zero-order valence-corrected chi connectivity index (χ0v) is 33.7. The van der Waals surface area contributed by atoms with Crippen LogP contribution in [-0.4, -0.2) is 58.9 Å². The molecule has 0 amide bonds. The molecular weight excluding hydrogens is 766 g/mol. The van der Waals surface area contributed by atoms with Gasteiger partial charge in [0, 0.05) is 0 Å². The summed E-state index contributed by atoms with van der Waals surface area (Å²) >= 11 is 0. The van der Waals surface area contributed by atoms with Crippen LogP contribution in [0.15, 0.2) is 182 Å². The Bertz CT molecular complexity index is 2180. The number of rotatable bonds is 15. The summed E-state index contributed by atoms with van der Waals surface area (Å²) in [7, 11) is 0. The Kier molecular flexibility index (Phi) is 13.2. The van der Waals surface area contributed by atoms with Gasteiger partial charge in [0.25, 0.3) is 11.6 Å². The van der Waals surface area contributed by atoms with E-state index < -0.39 is 59.4 Å². The first-order chi connectivity index (χ1) is 28.2. The van der Waals surface area contributed by atoms with Crippen molar-refractivity contribution < 1.29 is 38.2 Å². The molecule has 290 valence electrons. The Morgan fingerprint density at radius 3 is 0.690 bits per heavy atom. The van der Waals surface area contributed by atoms with Crippen molar-refractivity contribution in [2.75, 3.05) is 13.2 Å². The standard InChI is InChI=1S/C48H40O8P2/c1-3-55-47(53)43(51)45(57(35-23-11-5-12-24-35,36-25-13-6-14-26-36)37-27-15-7-16-28-37)41(49)42(50)46(44(52)48(54)56-4-2)58(38-29-17-8-18-30-38,39-31-19-9-20-32-39)40-33-21-10-22-34-40/h5-34H,3-4H2,1-2H3. The van der Waals surface area contributed by atoms with E-state index in [-0.39, 0.29) is 13.2 Å². The van der Waals surface area contributed by atoms with E-state index in [4.69, 9.17) is 9.47 Å². The summed E-state index contributed by atoms with van der Waals surface area (Å²) < 4.78 is 10.5. The number of hydrogen-bond acceptors (Lipinski definition) is 8. The van der Waals surface area contributed by atoms with Gasteiger partial charge in [0.1, 0.15) is 0 Å². The Balaban J connectivity index is 1.91. The molecule has 0 aliphatic rings. The van der Waals surface area contributed by atoms with E-state index >= 15 is 19.2 Å². The summed E-state index contributed by atoms with van der Waals surface area (Å²) in [6.45, 7) is -4.98. The fourth-order valence-electron chi connectivity index (χ4n) is 7.20. The Hall–Kier alpha value is -6.46. The van der Waals surface area contributed by atoms with Crippen LogP contribution >= 0.6 is 13.8 Å². The van der Waals surface area contributed by atoms with E-state index in [9.17, 15) is 9.59 Å². The number of Topliss-reactive ketones (excluding diaryl/α,β-unsaturated/α-hetero) is 4. The number of hydrogen-bond donors (Lipinski definition) is 0. The number of ketones is 4. The lowest BCUT2D eigenvalue weighted by atomic mass is 10.1. The predicted octanol–water partition coefficient (Wildman–Crippen LogP) is 4.72. The van der Waals surface area contributed by atoms with E-state index in [2.05, 4.69) is 0 Å². The molecule has 0 saturated heterocycles. The van der Waals surface area contributed by atoms with Crippen molar-refractivity contribution >= 4 is 91.3 Å². The molecule has 0 saturated carbocycles. The quantitative estimate of drug-likeness (QED) is 0.0634. The van der Waals surface area contributed by atoms with Crippen LogP contribution in [0.3, 0.4) is 0 Å². The molecule has 8 nitrogen and oxygen atoms in total. The number of carbonyl (C=O) groups excluding carboxylic acids is 6. The number of ether oxygens (including phenoxy) is 2. The van der Waals surface area contributed by atoms with E-state index in [1.165, 1.54) is 13.8 Å². The van der Waals surface area contributed by atoms with Gasteiger partial charge in [-0.05, 0) is 59.4 Å². The van der Waals surface area contributed by atoms with Gasteiger partial charge < -0.3 is 9.47 Å². The van der Waals surface area contributed by atoms with E-state index in [1.807, 2.05) is 0 Å². The van der Waals surface area contributed by atoms with Crippen molar-refractivity contribution in [3.05, 3.63) is 182 Å². The minimum atomic E-state index is -3.81. The number of benzene rings is 6. The first-order valence-corrected chi connectivity index (χ1v) is 22.2. The fraction of sp³-hybridized carbons (Fsp3) is 0.0833. The molecule has 0 bridgehead atoms. The maximum absolute atomic E-state index is 15.9. The van der Waals surface area contributed by atoms with Crippen molar-refractivity contribution in [1.82, 2.24) is 0 Å². The van der Waals surface area contributed by atoms with E-state index in [1.54, 1.807) is 182 Å². The molecule has 6 aromatic rings. The monoisotopic (exact) mass is 806 g/mol. The van der Waals surface area contributed by atoms with Gasteiger partial charge in [-0.1, -0.05) is 182 Å². The lowest BCUT2D eigenvalue weighted by Gasteiger charge is -2.33. The maximum Gasteiger partial charge on any atom is 0.379 e. The smallest absolute Gasteiger partial charge is 0.379 e. The Morgan fingerprint density at radius 1 is 0.328 bits per heavy atom. The molecule has 0 aromatic heterocycles. The topological polar surface area (TPSA) is 121 Å². The molecule has 0 fully saturated rings. The zero-order chi connectivity index (χ0) is 41.1. The summed E-state index contributed by atoms with van der Waals surface area (Å²) in [5, 5.41) is 1.56. The van der Waals surface area contributed by atoms with Crippen molar-refractivity contribution in [1.29, 1.82) is 0 Å². The van der Waals surface area contributed by atoms with Gasteiger partial charge in [-0.3, -0.25) is 19.2 Å². The normalized spacial score (nSPS) is 11.1. The van der Waals surface area contributed by atoms with Gasteiger partial charge >= 0.3 is 11.9 Å². The molecule has 0 heterocycles. The molecule has 6 aromatic carbocycles. The van der Waals surface area contributed by atoms with E-state index in [0.29, 0.717) is 31.8 Å². The molecule has 0 N–H and O–H groups in total. The average Bonchev–Trinajstić information content (AvgIpc) is 3.28. The lowest BCUT2D eigenvalue weighted by Crippen LogP contribution is -2.48. The van der Waals surface area contributed by atoms with Crippen molar-refractivity contribution in [2.24, 2.45) is 0 Å². The molecule has 0 unspecified atom stereocenters. The highest BCUT2D eigenvalue weighted by atomic mass is 31.2. The van der Waals surface area contributed by atoms with Crippen molar-refractivity contribution in [3.63, 3.8) is 0 Å². The molecule has 0 spiro atoms. The molecule has 10 heteroatoms. The third-order valence-corrected chi connectivity index (χ3v) is 18.1. The van der Waals surface area contributed by atoms with Gasteiger partial charge in [0.05, 0.1) is 23.8 Å². The highest BCUT2D eigenvalue weighted by Gasteiger charge is 2.47. The second kappa shape index (κ2) is 18.7. The predicted molar refractivity (Wildman–Crippen MR) is 234 cm³/mol. The Morgan fingerprint density at radius 2 is 0.517 bits per heavy atom. The van der Waals surface area contributed by atoms with Crippen LogP contribution in [0.25, 0.3) is 0 Å². The number of carbonyl (C=O) groups is 6. The van der Waals surface area contributed by atoms with Crippen LogP contribution in [0.5, 0.6) is 0 Å². The zero-order valence-electron chi connectivity index (χ0n) is 31.9. The molecule has 0 aliphatic heterocycles. The van der Waals surface area contributed by atoms with Crippen LogP contribution < -0.4 is 31.8 Å². The molecule has 6 rings (SSSR count). The fourth-order valence-corrected chi connectivity index (χ4v) is 15.9. The third-order valence-electron chi connectivity index (χ3n) is 9.52. The van der Waals surface area contributed by atoms with Crippen LogP contribution in [0.4, 0.5) is 0 Å². The minimum absolute atomic E-state index is 0.198. The van der Waals surface area contributed by atoms with E-state index in [0.717, 1.165) is 0 Å². The van der Waals surface area contributed by atoms with Crippen LogP contribution in [0, 0.1) is 0 Å². The highest BCUT2D eigenvalue weighted by Crippen LogP contribution is 2.49. The summed E-state index contributed by atoms with van der Waals surface area (Å²) in [6.07, 6.45) is 0. The maximum atomic E-state index is 15.9. The SMILES string of the molecule is CCOC(=O)C(=O)C(C(=O)C(=O)C(C(=O)C(=O)OCC)=P(c1ccccc1)(c1ccccc1)c1ccccc1)=P(c1ccccc1)(c1ccccc1)c1ccccc1. The van der Waals surface area contributed by atoms with Crippen molar-refractivity contribution in [3.8, 4) is 0 Å². The van der Waals surface area contributed by atoms with Gasteiger partial charge in [-0.2, -0.15) is 0 Å². The second-order valence-electron chi connectivity index (χ2n) is 12.8. The summed E-state index contributed by atoms with van der Waals surface area (Å²) in [4.78, 5) is 89.5. The van der Waals surface area contributed by atoms with Crippen LogP contribution in [0.1, 0.15) is 13.8 Å². The third kappa shape index (κ3) is 7.65. The summed E-state index contributed by atoms with van der Waals surface area (Å²) in [6, 6.07) is 52.5. The van der Waals surface area contributed by atoms with Crippen LogP contribution in [0.2, 0.25) is 0 Å². The van der Waals surface area contributed by atoms with Crippen molar-refractivity contribution in [2.45, 2.75) is 13.8 Å². The second-order valence-corrected chi connectivity index (χ2v) is 19.5. The lowest BCUT2D eigenvalue weighted by molar-refractivity contribution is -0.151. The van der Waals surface area contributed by atoms with Crippen LogP contribution in [-0.2, 0) is 38.2 Å². The summed E-state index contributed by atoms with van der Waals surface area (Å²) in [5.41, 5.74) is 0. The average molecular weight is 807 g/mol. The Labute approximate surface area is 337 Å². The molecule has 0 radical (unpaired) electrons. The highest BCUT2D eigenvalue weighted by molar-refractivity contribution is 7.99.